The van der Waals surface area contributed by atoms with Crippen LogP contribution in [0.4, 0.5) is 0 Å². The van der Waals surface area contributed by atoms with Crippen LogP contribution < -0.4 is 10.1 Å². The zero-order valence-corrected chi connectivity index (χ0v) is 16.7. The number of nitrogens with zero attached hydrogens (tertiary/aromatic N) is 2. The number of benzene rings is 1. The van der Waals surface area contributed by atoms with Crippen molar-refractivity contribution in [3.8, 4) is 5.75 Å². The van der Waals surface area contributed by atoms with Crippen LogP contribution in [0.15, 0.2) is 18.2 Å². The molecular weight excluding hydrogens is 377 g/mol. The minimum Gasteiger partial charge on any atom is -0.490 e. The van der Waals surface area contributed by atoms with Crippen molar-refractivity contribution in [1.29, 1.82) is 0 Å². The van der Waals surface area contributed by atoms with Gasteiger partial charge in [-0.05, 0) is 24.6 Å². The monoisotopic (exact) mass is 403 g/mol. The Kier molecular flexibility index (Phi) is 8.44. The summed E-state index contributed by atoms with van der Waals surface area (Å²) in [6, 6.07) is 5.65. The van der Waals surface area contributed by atoms with Crippen LogP contribution in [0.5, 0.6) is 5.75 Å². The summed E-state index contributed by atoms with van der Waals surface area (Å²) >= 11 is 6.11. The zero-order chi connectivity index (χ0) is 17.6. The minimum absolute atomic E-state index is 0. The van der Waals surface area contributed by atoms with Gasteiger partial charge in [0.25, 0.3) is 5.91 Å². The lowest BCUT2D eigenvalue weighted by Gasteiger charge is -2.32. The van der Waals surface area contributed by atoms with Crippen molar-refractivity contribution >= 4 is 29.9 Å². The smallest absolute Gasteiger partial charge is 0.257 e. The predicted molar refractivity (Wildman–Crippen MR) is 105 cm³/mol. The number of amides is 1. The van der Waals surface area contributed by atoms with Crippen molar-refractivity contribution in [1.82, 2.24) is 15.1 Å². The molecule has 2 aliphatic rings. The SMILES string of the molecule is COCCOc1ccc(Cl)cc1C(=O)N1CCC(N2CCNCC2)C1.Cl. The zero-order valence-electron chi connectivity index (χ0n) is 15.1. The molecule has 8 heteroatoms. The number of carbonyl (C=O) groups is 1. The molecule has 2 heterocycles. The topological polar surface area (TPSA) is 54.0 Å². The van der Waals surface area contributed by atoms with Crippen LogP contribution in [-0.4, -0.2) is 81.3 Å². The summed E-state index contributed by atoms with van der Waals surface area (Å²) in [5, 5.41) is 3.91. The summed E-state index contributed by atoms with van der Waals surface area (Å²) < 4.78 is 10.7. The number of hydrogen-bond acceptors (Lipinski definition) is 5. The molecule has 0 spiro atoms. The Morgan fingerprint density at radius 3 is 2.77 bits per heavy atom. The van der Waals surface area contributed by atoms with Crippen molar-refractivity contribution in [2.75, 3.05) is 59.6 Å². The van der Waals surface area contributed by atoms with E-state index < -0.39 is 0 Å². The van der Waals surface area contributed by atoms with Gasteiger partial charge in [-0.25, -0.2) is 0 Å². The summed E-state index contributed by atoms with van der Waals surface area (Å²) in [6.07, 6.45) is 1.02. The van der Waals surface area contributed by atoms with Crippen LogP contribution >= 0.6 is 24.0 Å². The van der Waals surface area contributed by atoms with Gasteiger partial charge in [-0.15, -0.1) is 12.4 Å². The summed E-state index contributed by atoms with van der Waals surface area (Å²) in [6.45, 7) is 6.57. The fourth-order valence-electron chi connectivity index (χ4n) is 3.47. The molecule has 0 saturated carbocycles. The van der Waals surface area contributed by atoms with Gasteiger partial charge >= 0.3 is 0 Å². The molecular formula is C18H27Cl2N3O3. The molecule has 26 heavy (non-hydrogen) atoms. The molecule has 0 radical (unpaired) electrons. The number of halogens is 2. The Bertz CT molecular complexity index is 597. The third-order valence-electron chi connectivity index (χ3n) is 4.84. The van der Waals surface area contributed by atoms with E-state index in [0.29, 0.717) is 35.6 Å². The van der Waals surface area contributed by atoms with E-state index in [1.54, 1.807) is 25.3 Å². The normalized spacial score (nSPS) is 20.7. The third kappa shape index (κ3) is 5.24. The summed E-state index contributed by atoms with van der Waals surface area (Å²) in [5.41, 5.74) is 0.532. The Labute approximate surface area is 166 Å². The maximum absolute atomic E-state index is 13.0. The number of carbonyl (C=O) groups excluding carboxylic acids is 1. The molecule has 6 nitrogen and oxygen atoms in total. The van der Waals surface area contributed by atoms with Crippen molar-refractivity contribution in [3.05, 3.63) is 28.8 Å². The van der Waals surface area contributed by atoms with E-state index in [0.717, 1.165) is 45.7 Å². The molecule has 146 valence electrons. The average molecular weight is 404 g/mol. The van der Waals surface area contributed by atoms with E-state index in [1.807, 2.05) is 4.90 Å². The molecule has 1 amide bonds. The second-order valence-electron chi connectivity index (χ2n) is 6.46. The average Bonchev–Trinajstić information content (AvgIpc) is 3.13. The highest BCUT2D eigenvalue weighted by atomic mass is 35.5. The number of hydrogen-bond donors (Lipinski definition) is 1. The molecule has 2 aliphatic heterocycles. The quantitative estimate of drug-likeness (QED) is 0.735. The van der Waals surface area contributed by atoms with Gasteiger partial charge < -0.3 is 19.7 Å². The maximum Gasteiger partial charge on any atom is 0.257 e. The Balaban J connectivity index is 0.00000243. The van der Waals surface area contributed by atoms with E-state index in [2.05, 4.69) is 10.2 Å². The van der Waals surface area contributed by atoms with Crippen molar-refractivity contribution in [3.63, 3.8) is 0 Å². The number of likely N-dealkylation sites (tertiary alicyclic amines) is 1. The molecule has 0 bridgehead atoms. The molecule has 1 atom stereocenters. The van der Waals surface area contributed by atoms with E-state index >= 15 is 0 Å². The first-order valence-electron chi connectivity index (χ1n) is 8.84. The van der Waals surface area contributed by atoms with Gasteiger partial charge in [0.1, 0.15) is 12.4 Å². The van der Waals surface area contributed by atoms with Gasteiger partial charge in [-0.1, -0.05) is 11.6 Å². The Morgan fingerprint density at radius 2 is 2.04 bits per heavy atom. The molecule has 0 aromatic heterocycles. The fourth-order valence-corrected chi connectivity index (χ4v) is 3.64. The van der Waals surface area contributed by atoms with E-state index in [1.165, 1.54) is 0 Å². The molecule has 0 aliphatic carbocycles. The Hall–Kier alpha value is -1.05. The van der Waals surface area contributed by atoms with E-state index in [4.69, 9.17) is 21.1 Å². The number of ether oxygens (including phenoxy) is 2. The van der Waals surface area contributed by atoms with Crippen molar-refractivity contribution < 1.29 is 14.3 Å². The van der Waals surface area contributed by atoms with Crippen LogP contribution in [0, 0.1) is 0 Å². The molecule has 3 rings (SSSR count). The van der Waals surface area contributed by atoms with Gasteiger partial charge in [-0.2, -0.15) is 0 Å². The summed E-state index contributed by atoms with van der Waals surface area (Å²) in [7, 11) is 1.62. The Morgan fingerprint density at radius 1 is 1.27 bits per heavy atom. The number of methoxy groups -OCH3 is 1. The fraction of sp³-hybridized carbons (Fsp3) is 0.611. The predicted octanol–water partition coefficient (Wildman–Crippen LogP) is 1.91. The standard InChI is InChI=1S/C18H26ClN3O3.ClH/c1-24-10-11-25-17-3-2-14(19)12-16(17)18(23)22-7-4-15(13-22)21-8-5-20-6-9-21;/h2-3,12,15,20H,4-11,13H2,1H3;1H. The van der Waals surface area contributed by atoms with Gasteiger partial charge in [0.2, 0.25) is 0 Å². The molecule has 2 saturated heterocycles. The number of piperazine rings is 1. The van der Waals surface area contributed by atoms with Gasteiger partial charge in [0, 0.05) is 57.4 Å². The highest BCUT2D eigenvalue weighted by molar-refractivity contribution is 6.31. The van der Waals surface area contributed by atoms with Gasteiger partial charge in [-0.3, -0.25) is 9.69 Å². The second-order valence-corrected chi connectivity index (χ2v) is 6.90. The molecule has 1 aromatic rings. The summed E-state index contributed by atoms with van der Waals surface area (Å²) in [4.78, 5) is 17.4. The number of rotatable bonds is 6. The lowest BCUT2D eigenvalue weighted by molar-refractivity contribution is 0.0766. The first-order chi connectivity index (χ1) is 12.2. The summed E-state index contributed by atoms with van der Waals surface area (Å²) in [5.74, 6) is 0.560. The molecule has 1 unspecified atom stereocenters. The molecule has 2 fully saturated rings. The van der Waals surface area contributed by atoms with Crippen LogP contribution in [0.3, 0.4) is 0 Å². The van der Waals surface area contributed by atoms with Crippen LogP contribution in [0.25, 0.3) is 0 Å². The van der Waals surface area contributed by atoms with Crippen molar-refractivity contribution in [2.24, 2.45) is 0 Å². The first kappa shape index (κ1) is 21.3. The molecule has 1 N–H and O–H groups in total. The van der Waals surface area contributed by atoms with Crippen LogP contribution in [0.1, 0.15) is 16.8 Å². The third-order valence-corrected chi connectivity index (χ3v) is 5.07. The highest BCUT2D eigenvalue weighted by Gasteiger charge is 2.32. The highest BCUT2D eigenvalue weighted by Crippen LogP contribution is 2.27. The lowest BCUT2D eigenvalue weighted by atomic mass is 10.1. The molecule has 1 aromatic carbocycles. The van der Waals surface area contributed by atoms with E-state index in [9.17, 15) is 4.79 Å². The largest absolute Gasteiger partial charge is 0.490 e. The first-order valence-corrected chi connectivity index (χ1v) is 9.22. The lowest BCUT2D eigenvalue weighted by Crippen LogP contribution is -2.49. The van der Waals surface area contributed by atoms with Crippen molar-refractivity contribution in [2.45, 2.75) is 12.5 Å². The maximum atomic E-state index is 13.0. The van der Waals surface area contributed by atoms with Crippen LogP contribution in [0.2, 0.25) is 5.02 Å². The van der Waals surface area contributed by atoms with Gasteiger partial charge in [0.15, 0.2) is 0 Å². The van der Waals surface area contributed by atoms with E-state index in [-0.39, 0.29) is 18.3 Å². The van der Waals surface area contributed by atoms with Crippen LogP contribution in [-0.2, 0) is 4.74 Å². The minimum atomic E-state index is -0.00690. The van der Waals surface area contributed by atoms with Gasteiger partial charge in [0.05, 0.1) is 12.2 Å². The number of nitrogens with one attached hydrogen (secondary N) is 1. The second kappa shape index (κ2) is 10.3.